The molecular formula is C16H18N4O2. The summed E-state index contributed by atoms with van der Waals surface area (Å²) in [6.07, 6.45) is 1.53. The molecule has 0 saturated heterocycles. The van der Waals surface area contributed by atoms with Gasteiger partial charge in [-0.2, -0.15) is 5.10 Å². The number of nitrogens with zero attached hydrogens (tertiary/aromatic N) is 2. The molecule has 0 spiro atoms. The number of ether oxygens (including phenoxy) is 2. The average Bonchev–Trinajstić information content (AvgIpc) is 2.54. The van der Waals surface area contributed by atoms with E-state index in [1.807, 2.05) is 42.5 Å². The maximum atomic E-state index is 5.77. The molecule has 0 heterocycles. The van der Waals surface area contributed by atoms with Crippen LogP contribution < -0.4 is 20.9 Å². The molecule has 2 rings (SSSR count). The van der Waals surface area contributed by atoms with Gasteiger partial charge in [0.2, 0.25) is 5.96 Å². The average molecular weight is 298 g/mol. The molecule has 0 atom stereocenters. The fourth-order valence-electron chi connectivity index (χ4n) is 1.78. The summed E-state index contributed by atoms with van der Waals surface area (Å²) < 4.78 is 11.1. The van der Waals surface area contributed by atoms with Gasteiger partial charge in [0, 0.05) is 0 Å². The largest absolute Gasteiger partial charge is 0.493 e. The number of rotatable bonds is 6. The molecule has 0 amide bonds. The first-order valence-corrected chi connectivity index (χ1v) is 6.66. The summed E-state index contributed by atoms with van der Waals surface area (Å²) in [5, 5.41) is 7.30. The maximum Gasteiger partial charge on any atom is 0.211 e. The lowest BCUT2D eigenvalue weighted by Crippen LogP contribution is -2.21. The van der Waals surface area contributed by atoms with Gasteiger partial charge in [0.15, 0.2) is 11.5 Å². The number of hydrogen-bond acceptors (Lipinski definition) is 4. The Kier molecular flexibility index (Phi) is 5.37. The summed E-state index contributed by atoms with van der Waals surface area (Å²) in [5.41, 5.74) is 12.3. The third kappa shape index (κ3) is 4.52. The summed E-state index contributed by atoms with van der Waals surface area (Å²) in [6.45, 7) is 0.471. The van der Waals surface area contributed by atoms with E-state index in [2.05, 4.69) is 10.2 Å². The highest BCUT2D eigenvalue weighted by Crippen LogP contribution is 2.28. The van der Waals surface area contributed by atoms with Crippen molar-refractivity contribution in [1.82, 2.24) is 0 Å². The summed E-state index contributed by atoms with van der Waals surface area (Å²) >= 11 is 0. The SMILES string of the molecule is COc1cc(/C=N\N=C(N)N)ccc1OCc1ccccc1. The zero-order chi connectivity index (χ0) is 15.8. The van der Waals surface area contributed by atoms with Crippen LogP contribution in [0.15, 0.2) is 58.7 Å². The highest BCUT2D eigenvalue weighted by Gasteiger charge is 2.05. The van der Waals surface area contributed by atoms with E-state index in [4.69, 9.17) is 20.9 Å². The first-order valence-electron chi connectivity index (χ1n) is 6.66. The lowest BCUT2D eigenvalue weighted by Gasteiger charge is -2.11. The van der Waals surface area contributed by atoms with Crippen LogP contribution in [0.5, 0.6) is 11.5 Å². The van der Waals surface area contributed by atoms with Crippen LogP contribution in [0.3, 0.4) is 0 Å². The molecule has 0 aromatic heterocycles. The third-order valence-electron chi connectivity index (χ3n) is 2.80. The Labute approximate surface area is 129 Å². The molecule has 0 aliphatic carbocycles. The Balaban J connectivity index is 2.09. The first-order chi connectivity index (χ1) is 10.7. The number of guanidine groups is 1. The Morgan fingerprint density at radius 3 is 2.55 bits per heavy atom. The van der Waals surface area contributed by atoms with Gasteiger partial charge in [0.05, 0.1) is 13.3 Å². The zero-order valence-corrected chi connectivity index (χ0v) is 12.3. The molecule has 0 aliphatic rings. The number of nitrogens with two attached hydrogens (primary N) is 2. The quantitative estimate of drug-likeness (QED) is 0.483. The predicted molar refractivity (Wildman–Crippen MR) is 87.2 cm³/mol. The monoisotopic (exact) mass is 298 g/mol. The van der Waals surface area contributed by atoms with E-state index in [9.17, 15) is 0 Å². The van der Waals surface area contributed by atoms with Crippen LogP contribution in [0.1, 0.15) is 11.1 Å². The standard InChI is InChI=1S/C16H18N4O2/c1-21-15-9-13(10-19-20-16(17)18)7-8-14(15)22-11-12-5-3-2-4-6-12/h2-10H,11H2,1H3,(H4,17,18,20)/b19-10-. The van der Waals surface area contributed by atoms with Gasteiger partial charge in [0.25, 0.3) is 0 Å². The van der Waals surface area contributed by atoms with Gasteiger partial charge in [-0.3, -0.25) is 0 Å². The smallest absolute Gasteiger partial charge is 0.211 e. The van der Waals surface area contributed by atoms with E-state index in [1.165, 1.54) is 6.21 Å². The molecule has 0 saturated carbocycles. The summed E-state index contributed by atoms with van der Waals surface area (Å²) in [7, 11) is 1.58. The fraction of sp³-hybridized carbons (Fsp3) is 0.125. The van der Waals surface area contributed by atoms with Crippen molar-refractivity contribution in [2.75, 3.05) is 7.11 Å². The zero-order valence-electron chi connectivity index (χ0n) is 12.3. The molecule has 0 fully saturated rings. The minimum absolute atomic E-state index is 0.0916. The number of methoxy groups -OCH3 is 1. The molecule has 0 bridgehead atoms. The van der Waals surface area contributed by atoms with Gasteiger partial charge in [-0.25, -0.2) is 0 Å². The third-order valence-corrected chi connectivity index (χ3v) is 2.80. The number of hydrogen-bond donors (Lipinski definition) is 2. The molecule has 2 aromatic rings. The second-order valence-electron chi connectivity index (χ2n) is 4.45. The van der Waals surface area contributed by atoms with Crippen molar-refractivity contribution in [1.29, 1.82) is 0 Å². The lowest BCUT2D eigenvalue weighted by atomic mass is 10.2. The molecule has 2 aromatic carbocycles. The molecule has 0 radical (unpaired) electrons. The molecule has 4 N–H and O–H groups in total. The van der Waals surface area contributed by atoms with Gasteiger partial charge in [-0.05, 0) is 29.3 Å². The predicted octanol–water partition coefficient (Wildman–Crippen LogP) is 1.88. The first kappa shape index (κ1) is 15.4. The van der Waals surface area contributed by atoms with Crippen molar-refractivity contribution in [2.45, 2.75) is 6.61 Å². The van der Waals surface area contributed by atoms with Crippen molar-refractivity contribution in [3.8, 4) is 11.5 Å². The minimum atomic E-state index is -0.0916. The molecule has 114 valence electrons. The van der Waals surface area contributed by atoms with E-state index < -0.39 is 0 Å². The highest BCUT2D eigenvalue weighted by molar-refractivity contribution is 5.82. The topological polar surface area (TPSA) is 95.2 Å². The lowest BCUT2D eigenvalue weighted by molar-refractivity contribution is 0.284. The normalized spacial score (nSPS) is 10.4. The van der Waals surface area contributed by atoms with Crippen molar-refractivity contribution >= 4 is 12.2 Å². The Morgan fingerprint density at radius 2 is 1.86 bits per heavy atom. The van der Waals surface area contributed by atoms with E-state index in [1.54, 1.807) is 13.2 Å². The van der Waals surface area contributed by atoms with E-state index in [0.717, 1.165) is 11.1 Å². The summed E-state index contributed by atoms with van der Waals surface area (Å²) in [6, 6.07) is 15.4. The summed E-state index contributed by atoms with van der Waals surface area (Å²) in [4.78, 5) is 0. The molecule has 6 heteroatoms. The fourth-order valence-corrected chi connectivity index (χ4v) is 1.78. The van der Waals surface area contributed by atoms with Gasteiger partial charge in [-0.15, -0.1) is 5.10 Å². The van der Waals surface area contributed by atoms with Gasteiger partial charge < -0.3 is 20.9 Å². The van der Waals surface area contributed by atoms with Crippen LogP contribution >= 0.6 is 0 Å². The highest BCUT2D eigenvalue weighted by atomic mass is 16.5. The molecule has 22 heavy (non-hydrogen) atoms. The van der Waals surface area contributed by atoms with Crippen LogP contribution in [0.25, 0.3) is 0 Å². The van der Waals surface area contributed by atoms with Crippen LogP contribution in [0.2, 0.25) is 0 Å². The Bertz CT molecular complexity index is 665. The Morgan fingerprint density at radius 1 is 1.09 bits per heavy atom. The second kappa shape index (κ2) is 7.68. The van der Waals surface area contributed by atoms with E-state index in [-0.39, 0.29) is 5.96 Å². The van der Waals surface area contributed by atoms with Crippen molar-refractivity contribution < 1.29 is 9.47 Å². The minimum Gasteiger partial charge on any atom is -0.493 e. The van der Waals surface area contributed by atoms with Crippen LogP contribution in [0.4, 0.5) is 0 Å². The van der Waals surface area contributed by atoms with E-state index >= 15 is 0 Å². The van der Waals surface area contributed by atoms with Gasteiger partial charge in [-0.1, -0.05) is 30.3 Å². The van der Waals surface area contributed by atoms with Crippen molar-refractivity contribution in [2.24, 2.45) is 21.7 Å². The molecule has 0 aliphatic heterocycles. The van der Waals surface area contributed by atoms with Crippen LogP contribution in [-0.4, -0.2) is 19.3 Å². The van der Waals surface area contributed by atoms with E-state index in [0.29, 0.717) is 18.1 Å². The summed E-state index contributed by atoms with van der Waals surface area (Å²) in [5.74, 6) is 1.18. The van der Waals surface area contributed by atoms with Crippen LogP contribution in [-0.2, 0) is 6.61 Å². The van der Waals surface area contributed by atoms with Gasteiger partial charge >= 0.3 is 0 Å². The van der Waals surface area contributed by atoms with Crippen molar-refractivity contribution in [3.63, 3.8) is 0 Å². The van der Waals surface area contributed by atoms with Gasteiger partial charge in [0.1, 0.15) is 6.61 Å². The Hall–Kier alpha value is -3.02. The molecule has 0 unspecified atom stereocenters. The molecular weight excluding hydrogens is 280 g/mol. The van der Waals surface area contributed by atoms with Crippen molar-refractivity contribution in [3.05, 3.63) is 59.7 Å². The second-order valence-corrected chi connectivity index (χ2v) is 4.45. The molecule has 6 nitrogen and oxygen atoms in total. The maximum absolute atomic E-state index is 5.77. The number of benzene rings is 2. The van der Waals surface area contributed by atoms with Crippen LogP contribution in [0, 0.1) is 0 Å².